The first-order valence-corrected chi connectivity index (χ1v) is 11.4. The van der Waals surface area contributed by atoms with Crippen LogP contribution >= 0.6 is 0 Å². The first-order valence-electron chi connectivity index (χ1n) is 11.4. The van der Waals surface area contributed by atoms with Crippen LogP contribution < -0.4 is 10.5 Å². The van der Waals surface area contributed by atoms with Gasteiger partial charge in [0.05, 0.1) is 11.3 Å². The second kappa shape index (κ2) is 9.13. The molecule has 0 bridgehead atoms. The molecule has 1 fully saturated rings. The molecule has 0 radical (unpaired) electrons. The Kier molecular flexibility index (Phi) is 5.90. The van der Waals surface area contributed by atoms with E-state index in [-0.39, 0.29) is 17.0 Å². The molecule has 3 aromatic rings. The largest absolute Gasteiger partial charge is 0.353 e. The van der Waals surface area contributed by atoms with Crippen molar-refractivity contribution in [1.29, 1.82) is 0 Å². The Morgan fingerprint density at radius 3 is 2.58 bits per heavy atom. The molecule has 0 saturated carbocycles. The Balaban J connectivity index is 1.32. The second-order valence-electron chi connectivity index (χ2n) is 8.62. The van der Waals surface area contributed by atoms with Crippen LogP contribution in [-0.4, -0.2) is 52.2 Å². The lowest BCUT2D eigenvalue weighted by Crippen LogP contribution is -2.49. The van der Waals surface area contributed by atoms with Crippen LogP contribution in [-0.2, 0) is 19.3 Å². The van der Waals surface area contributed by atoms with Crippen molar-refractivity contribution in [3.8, 4) is 0 Å². The third-order valence-corrected chi connectivity index (χ3v) is 6.56. The molecule has 2 aromatic heterocycles. The van der Waals surface area contributed by atoms with Gasteiger partial charge in [-0.3, -0.25) is 9.59 Å². The van der Waals surface area contributed by atoms with Crippen molar-refractivity contribution in [1.82, 2.24) is 20.1 Å². The van der Waals surface area contributed by atoms with Crippen molar-refractivity contribution in [3.05, 3.63) is 86.7 Å². The van der Waals surface area contributed by atoms with Crippen LogP contribution in [0.4, 0.5) is 10.2 Å². The van der Waals surface area contributed by atoms with E-state index < -0.39 is 5.82 Å². The number of halogens is 1. The van der Waals surface area contributed by atoms with Gasteiger partial charge in [-0.1, -0.05) is 12.1 Å². The summed E-state index contributed by atoms with van der Waals surface area (Å²) in [7, 11) is 0. The highest BCUT2D eigenvalue weighted by molar-refractivity contribution is 5.95. The number of fused-ring (bicyclic) bond motifs is 1. The predicted octanol–water partition coefficient (Wildman–Crippen LogP) is 2.74. The predicted molar refractivity (Wildman–Crippen MR) is 123 cm³/mol. The van der Waals surface area contributed by atoms with Gasteiger partial charge in [0.1, 0.15) is 11.6 Å². The molecular weight excluding hydrogens is 421 g/mol. The SMILES string of the molecule is O=C(c1cc(Cc2n[nH]c(=O)c3c2CCCC3)ccc1F)N1CCN(c2ccccn2)CC1. The number of H-pyrrole nitrogens is 1. The monoisotopic (exact) mass is 447 g/mol. The van der Waals surface area contributed by atoms with Crippen LogP contribution in [0.15, 0.2) is 47.4 Å². The zero-order chi connectivity index (χ0) is 22.8. The smallest absolute Gasteiger partial charge is 0.267 e. The Morgan fingerprint density at radius 1 is 1.03 bits per heavy atom. The van der Waals surface area contributed by atoms with E-state index in [1.165, 1.54) is 6.07 Å². The number of benzene rings is 1. The van der Waals surface area contributed by atoms with Crippen LogP contribution in [0, 0.1) is 5.82 Å². The molecule has 1 aromatic carbocycles. The van der Waals surface area contributed by atoms with Gasteiger partial charge in [-0.15, -0.1) is 0 Å². The molecule has 8 heteroatoms. The van der Waals surface area contributed by atoms with Gasteiger partial charge >= 0.3 is 0 Å². The van der Waals surface area contributed by atoms with Gasteiger partial charge in [0, 0.05) is 44.4 Å². The number of hydrogen-bond donors (Lipinski definition) is 1. The molecule has 1 saturated heterocycles. The molecule has 0 atom stereocenters. The lowest BCUT2D eigenvalue weighted by Gasteiger charge is -2.35. The maximum absolute atomic E-state index is 14.7. The number of carbonyl (C=O) groups excluding carboxylic acids is 1. The molecule has 0 spiro atoms. The number of hydrogen-bond acceptors (Lipinski definition) is 5. The number of anilines is 1. The third kappa shape index (κ3) is 4.37. The Labute approximate surface area is 191 Å². The van der Waals surface area contributed by atoms with Crippen molar-refractivity contribution in [2.24, 2.45) is 0 Å². The van der Waals surface area contributed by atoms with Crippen molar-refractivity contribution in [2.75, 3.05) is 31.1 Å². The minimum absolute atomic E-state index is 0.0806. The molecule has 5 rings (SSSR count). The van der Waals surface area contributed by atoms with Crippen molar-refractivity contribution in [3.63, 3.8) is 0 Å². The minimum atomic E-state index is -0.521. The summed E-state index contributed by atoms with van der Waals surface area (Å²) < 4.78 is 14.7. The van der Waals surface area contributed by atoms with E-state index in [4.69, 9.17) is 0 Å². The highest BCUT2D eigenvalue weighted by Gasteiger charge is 2.25. The average Bonchev–Trinajstić information content (AvgIpc) is 2.87. The molecular formula is C25H26FN5O2. The number of nitrogens with zero attached hydrogens (tertiary/aromatic N) is 4. The fourth-order valence-electron chi connectivity index (χ4n) is 4.76. The molecule has 1 amide bonds. The van der Waals surface area contributed by atoms with Gasteiger partial charge in [0.25, 0.3) is 11.5 Å². The van der Waals surface area contributed by atoms with Gasteiger partial charge < -0.3 is 9.80 Å². The van der Waals surface area contributed by atoms with Crippen LogP contribution in [0.1, 0.15) is 45.6 Å². The number of piperazine rings is 1. The van der Waals surface area contributed by atoms with E-state index in [0.29, 0.717) is 32.6 Å². The van der Waals surface area contributed by atoms with E-state index in [0.717, 1.165) is 53.9 Å². The summed E-state index contributed by atoms with van der Waals surface area (Å²) in [5.74, 6) is 0.0633. The number of amides is 1. The Bertz CT molecular complexity index is 1220. The fraction of sp³-hybridized carbons (Fsp3) is 0.360. The average molecular weight is 448 g/mol. The number of nitrogens with one attached hydrogen (secondary N) is 1. The van der Waals surface area contributed by atoms with Gasteiger partial charge in [-0.05, 0) is 61.1 Å². The van der Waals surface area contributed by atoms with Gasteiger partial charge in [0.2, 0.25) is 0 Å². The first-order chi connectivity index (χ1) is 16.1. The summed E-state index contributed by atoms with van der Waals surface area (Å²) in [6, 6.07) is 10.4. The molecule has 1 aliphatic heterocycles. The summed E-state index contributed by atoms with van der Waals surface area (Å²) in [6.45, 7) is 2.32. The van der Waals surface area contributed by atoms with E-state index in [2.05, 4.69) is 20.1 Å². The van der Waals surface area contributed by atoms with Crippen molar-refractivity contribution in [2.45, 2.75) is 32.1 Å². The summed E-state index contributed by atoms with van der Waals surface area (Å²) >= 11 is 0. The lowest BCUT2D eigenvalue weighted by molar-refractivity contribution is 0.0741. The number of aromatic amines is 1. The summed E-state index contributed by atoms with van der Waals surface area (Å²) in [6.07, 6.45) is 5.83. The third-order valence-electron chi connectivity index (χ3n) is 6.56. The van der Waals surface area contributed by atoms with Crippen LogP contribution in [0.2, 0.25) is 0 Å². The summed E-state index contributed by atoms with van der Waals surface area (Å²) in [5.41, 5.74) is 3.39. The maximum Gasteiger partial charge on any atom is 0.267 e. The second-order valence-corrected chi connectivity index (χ2v) is 8.62. The quantitative estimate of drug-likeness (QED) is 0.665. The highest BCUT2D eigenvalue weighted by atomic mass is 19.1. The number of pyridine rings is 1. The molecule has 0 unspecified atom stereocenters. The standard InChI is InChI=1S/C25H26FN5O2/c26-21-9-8-17(16-22-18-5-1-2-6-19(18)24(32)29-28-22)15-20(21)25(33)31-13-11-30(12-14-31)23-7-3-4-10-27-23/h3-4,7-10,15H,1-2,5-6,11-14,16H2,(H,29,32). The van der Waals surface area contributed by atoms with Gasteiger partial charge in [0.15, 0.2) is 0 Å². The van der Waals surface area contributed by atoms with Crippen LogP contribution in [0.3, 0.4) is 0 Å². The van der Waals surface area contributed by atoms with E-state index in [1.807, 2.05) is 18.2 Å². The number of rotatable bonds is 4. The molecule has 2 aliphatic rings. The Hall–Kier alpha value is -3.55. The minimum Gasteiger partial charge on any atom is -0.353 e. The fourth-order valence-corrected chi connectivity index (χ4v) is 4.76. The van der Waals surface area contributed by atoms with Gasteiger partial charge in [-0.25, -0.2) is 14.5 Å². The highest BCUT2D eigenvalue weighted by Crippen LogP contribution is 2.23. The van der Waals surface area contributed by atoms with Gasteiger partial charge in [-0.2, -0.15) is 5.10 Å². The number of aromatic nitrogens is 3. The van der Waals surface area contributed by atoms with Crippen LogP contribution in [0.5, 0.6) is 0 Å². The molecule has 3 heterocycles. The first kappa shape index (κ1) is 21.3. The molecule has 1 aliphatic carbocycles. The molecule has 33 heavy (non-hydrogen) atoms. The van der Waals surface area contributed by atoms with Crippen molar-refractivity contribution >= 4 is 11.7 Å². The summed E-state index contributed by atoms with van der Waals surface area (Å²) in [4.78, 5) is 33.4. The topological polar surface area (TPSA) is 82.2 Å². The zero-order valence-electron chi connectivity index (χ0n) is 18.4. The lowest BCUT2D eigenvalue weighted by atomic mass is 9.90. The molecule has 170 valence electrons. The van der Waals surface area contributed by atoms with E-state index in [9.17, 15) is 14.0 Å². The van der Waals surface area contributed by atoms with E-state index in [1.54, 1.807) is 23.2 Å². The maximum atomic E-state index is 14.7. The van der Waals surface area contributed by atoms with Crippen molar-refractivity contribution < 1.29 is 9.18 Å². The molecule has 7 nitrogen and oxygen atoms in total. The molecule has 1 N–H and O–H groups in total. The van der Waals surface area contributed by atoms with Crippen LogP contribution in [0.25, 0.3) is 0 Å². The normalized spacial score (nSPS) is 15.9. The Morgan fingerprint density at radius 2 is 1.82 bits per heavy atom. The number of carbonyl (C=O) groups is 1. The van der Waals surface area contributed by atoms with E-state index >= 15 is 0 Å². The summed E-state index contributed by atoms with van der Waals surface area (Å²) in [5, 5.41) is 6.87. The zero-order valence-corrected chi connectivity index (χ0v) is 18.4.